The number of hydrogen-bond acceptors (Lipinski definition) is 5. The van der Waals surface area contributed by atoms with Gasteiger partial charge in [-0.25, -0.2) is 0 Å². The van der Waals surface area contributed by atoms with Gasteiger partial charge in [-0.05, 0) is 61.6 Å². The first-order valence-corrected chi connectivity index (χ1v) is 9.00. The largest absolute Gasteiger partial charge is 0.476 e. The van der Waals surface area contributed by atoms with Crippen LogP contribution in [0, 0.1) is 0 Å². The number of aromatic nitrogens is 1. The van der Waals surface area contributed by atoms with Gasteiger partial charge in [0.25, 0.3) is 11.8 Å². The molecular formula is C19H23N3O3. The summed E-state index contributed by atoms with van der Waals surface area (Å²) in [5, 5.41) is 3.79. The summed E-state index contributed by atoms with van der Waals surface area (Å²) in [7, 11) is 0. The van der Waals surface area contributed by atoms with Crippen LogP contribution in [0.2, 0.25) is 0 Å². The van der Waals surface area contributed by atoms with Gasteiger partial charge in [0.05, 0.1) is 12.7 Å². The lowest BCUT2D eigenvalue weighted by molar-refractivity contribution is 0.0953. The summed E-state index contributed by atoms with van der Waals surface area (Å²) in [5.41, 5.74) is 3.62. The summed E-state index contributed by atoms with van der Waals surface area (Å²) >= 11 is 0. The molecule has 1 amide bonds. The molecule has 0 unspecified atom stereocenters. The first-order valence-electron chi connectivity index (χ1n) is 9.00. The van der Waals surface area contributed by atoms with E-state index in [1.807, 2.05) is 19.1 Å². The van der Waals surface area contributed by atoms with E-state index < -0.39 is 0 Å². The second-order valence-corrected chi connectivity index (χ2v) is 6.57. The van der Waals surface area contributed by atoms with E-state index >= 15 is 0 Å². The van der Waals surface area contributed by atoms with Gasteiger partial charge in [0.1, 0.15) is 0 Å². The first-order chi connectivity index (χ1) is 12.3. The summed E-state index contributed by atoms with van der Waals surface area (Å²) in [6.45, 7) is 6.36. The predicted molar refractivity (Wildman–Crippen MR) is 94.0 cm³/mol. The number of rotatable bonds is 5. The van der Waals surface area contributed by atoms with Crippen molar-refractivity contribution in [2.45, 2.75) is 32.7 Å². The molecule has 0 N–H and O–H groups in total. The van der Waals surface area contributed by atoms with E-state index in [2.05, 4.69) is 16.1 Å². The summed E-state index contributed by atoms with van der Waals surface area (Å²) in [4.78, 5) is 17.1. The normalized spacial score (nSPS) is 17.1. The van der Waals surface area contributed by atoms with Crippen molar-refractivity contribution in [3.63, 3.8) is 0 Å². The van der Waals surface area contributed by atoms with Gasteiger partial charge in [0.2, 0.25) is 5.76 Å². The zero-order valence-electron chi connectivity index (χ0n) is 14.5. The number of carbonyl (C=O) groups excluding carboxylic acids is 1. The molecule has 4 rings (SSSR count). The molecule has 1 aromatic carbocycles. The Morgan fingerprint density at radius 3 is 2.92 bits per heavy atom. The number of ether oxygens (including phenoxy) is 1. The summed E-state index contributed by atoms with van der Waals surface area (Å²) in [6, 6.07) is 7.82. The summed E-state index contributed by atoms with van der Waals surface area (Å²) in [6.07, 6.45) is 3.46. The van der Waals surface area contributed by atoms with Gasteiger partial charge >= 0.3 is 0 Å². The van der Waals surface area contributed by atoms with E-state index in [0.717, 1.165) is 18.7 Å². The number of anilines is 1. The number of hydrogen-bond donors (Lipinski definition) is 0. The van der Waals surface area contributed by atoms with Crippen molar-refractivity contribution in [3.8, 4) is 5.88 Å². The van der Waals surface area contributed by atoms with Crippen molar-refractivity contribution in [2.75, 3.05) is 31.1 Å². The van der Waals surface area contributed by atoms with Crippen molar-refractivity contribution >= 4 is 11.6 Å². The minimum Gasteiger partial charge on any atom is -0.476 e. The van der Waals surface area contributed by atoms with Crippen molar-refractivity contribution in [1.82, 2.24) is 10.1 Å². The molecule has 2 aliphatic heterocycles. The average Bonchev–Trinajstić information content (AvgIpc) is 3.35. The molecule has 0 atom stereocenters. The molecule has 25 heavy (non-hydrogen) atoms. The molecule has 0 aliphatic carbocycles. The van der Waals surface area contributed by atoms with Gasteiger partial charge in [-0.3, -0.25) is 9.69 Å². The molecule has 0 radical (unpaired) electrons. The van der Waals surface area contributed by atoms with Gasteiger partial charge in [-0.2, -0.15) is 0 Å². The predicted octanol–water partition coefficient (Wildman–Crippen LogP) is 2.87. The molecule has 3 heterocycles. The average molecular weight is 341 g/mol. The minimum absolute atomic E-state index is 0.157. The number of nitrogens with zero attached hydrogens (tertiary/aromatic N) is 3. The Bertz CT molecular complexity index is 765. The highest BCUT2D eigenvalue weighted by molar-refractivity contribution is 6.05. The van der Waals surface area contributed by atoms with Gasteiger partial charge in [-0.1, -0.05) is 12.1 Å². The number of likely N-dealkylation sites (tertiary alicyclic amines) is 1. The number of benzene rings is 1. The van der Waals surface area contributed by atoms with Crippen LogP contribution < -0.4 is 9.64 Å². The topological polar surface area (TPSA) is 58.8 Å². The summed E-state index contributed by atoms with van der Waals surface area (Å²) in [5.74, 6) is 0.421. The Labute approximate surface area is 147 Å². The Balaban J connectivity index is 1.55. The molecule has 6 nitrogen and oxygen atoms in total. The van der Waals surface area contributed by atoms with Crippen molar-refractivity contribution in [3.05, 3.63) is 41.2 Å². The maximum Gasteiger partial charge on any atom is 0.297 e. The highest BCUT2D eigenvalue weighted by Crippen LogP contribution is 2.33. The highest BCUT2D eigenvalue weighted by Gasteiger charge is 2.30. The van der Waals surface area contributed by atoms with Crippen molar-refractivity contribution in [2.24, 2.45) is 0 Å². The van der Waals surface area contributed by atoms with E-state index in [-0.39, 0.29) is 11.7 Å². The van der Waals surface area contributed by atoms with Crippen LogP contribution in [0.1, 0.15) is 41.4 Å². The van der Waals surface area contributed by atoms with Gasteiger partial charge < -0.3 is 14.2 Å². The van der Waals surface area contributed by atoms with Gasteiger partial charge in [-0.15, -0.1) is 0 Å². The molecule has 0 saturated carbocycles. The zero-order chi connectivity index (χ0) is 17.2. The third-order valence-corrected chi connectivity index (χ3v) is 4.95. The van der Waals surface area contributed by atoms with Crippen LogP contribution in [0.3, 0.4) is 0 Å². The lowest BCUT2D eigenvalue weighted by Gasteiger charge is -2.19. The van der Waals surface area contributed by atoms with Crippen LogP contribution in [0.15, 0.2) is 28.8 Å². The Kier molecular flexibility index (Phi) is 4.44. The van der Waals surface area contributed by atoms with E-state index in [0.29, 0.717) is 19.0 Å². The Morgan fingerprint density at radius 2 is 2.12 bits per heavy atom. The third kappa shape index (κ3) is 3.14. The zero-order valence-corrected chi connectivity index (χ0v) is 14.5. The van der Waals surface area contributed by atoms with Crippen LogP contribution in [0.25, 0.3) is 0 Å². The van der Waals surface area contributed by atoms with Crippen LogP contribution in [-0.2, 0) is 13.0 Å². The Morgan fingerprint density at radius 1 is 1.28 bits per heavy atom. The number of carbonyl (C=O) groups is 1. The molecule has 6 heteroatoms. The second-order valence-electron chi connectivity index (χ2n) is 6.57. The molecule has 1 aromatic heterocycles. The molecule has 2 aliphatic rings. The molecular weight excluding hydrogens is 318 g/mol. The molecule has 1 fully saturated rings. The second kappa shape index (κ2) is 6.88. The third-order valence-electron chi connectivity index (χ3n) is 4.95. The summed E-state index contributed by atoms with van der Waals surface area (Å²) < 4.78 is 10.5. The lowest BCUT2D eigenvalue weighted by Crippen LogP contribution is -2.28. The van der Waals surface area contributed by atoms with Crippen molar-refractivity contribution < 1.29 is 14.1 Å². The van der Waals surface area contributed by atoms with E-state index in [9.17, 15) is 4.79 Å². The first kappa shape index (κ1) is 16.1. The monoisotopic (exact) mass is 341 g/mol. The number of amides is 1. The van der Waals surface area contributed by atoms with Gasteiger partial charge in [0, 0.05) is 18.8 Å². The maximum absolute atomic E-state index is 12.8. The molecule has 0 spiro atoms. The van der Waals surface area contributed by atoms with Gasteiger partial charge in [0.15, 0.2) is 0 Å². The van der Waals surface area contributed by atoms with Crippen LogP contribution in [-0.4, -0.2) is 42.2 Å². The maximum atomic E-state index is 12.8. The fourth-order valence-corrected chi connectivity index (χ4v) is 3.76. The molecule has 132 valence electrons. The van der Waals surface area contributed by atoms with Crippen LogP contribution >= 0.6 is 0 Å². The molecule has 1 saturated heterocycles. The Hall–Kier alpha value is -2.34. The fourth-order valence-electron chi connectivity index (χ4n) is 3.76. The minimum atomic E-state index is -0.157. The lowest BCUT2D eigenvalue weighted by atomic mass is 10.0. The van der Waals surface area contributed by atoms with Crippen LogP contribution in [0.5, 0.6) is 5.88 Å². The van der Waals surface area contributed by atoms with Crippen LogP contribution in [0.4, 0.5) is 5.69 Å². The highest BCUT2D eigenvalue weighted by atomic mass is 16.5. The fraction of sp³-hybridized carbons (Fsp3) is 0.474. The van der Waals surface area contributed by atoms with E-state index in [1.54, 1.807) is 11.0 Å². The van der Waals surface area contributed by atoms with Crippen molar-refractivity contribution in [1.29, 1.82) is 0 Å². The molecule has 2 aromatic rings. The van der Waals surface area contributed by atoms with E-state index in [1.165, 1.54) is 37.1 Å². The number of fused-ring (bicyclic) bond motifs is 1. The SMILES string of the molecule is CCOc1cc(C(=O)N2CCc3c(CN4CCCC4)cccc32)on1. The quantitative estimate of drug-likeness (QED) is 0.837. The van der Waals surface area contributed by atoms with E-state index in [4.69, 9.17) is 9.26 Å². The molecule has 0 bridgehead atoms. The smallest absolute Gasteiger partial charge is 0.297 e. The standard InChI is InChI=1S/C19H23N3O3/c1-2-24-18-12-17(25-20-18)19(23)22-11-8-15-14(6-5-7-16(15)22)13-21-9-3-4-10-21/h5-7,12H,2-4,8-11,13H2,1H3.